The number of hydrogen-bond donors (Lipinski definition) is 3. The van der Waals surface area contributed by atoms with Crippen LogP contribution in [0.25, 0.3) is 0 Å². The van der Waals surface area contributed by atoms with Gasteiger partial charge in [0.1, 0.15) is 0 Å². The Morgan fingerprint density at radius 1 is 0.378 bits per heavy atom. The molecule has 6 heteroatoms. The highest BCUT2D eigenvalue weighted by molar-refractivity contribution is 6.16. The summed E-state index contributed by atoms with van der Waals surface area (Å²) in [7, 11) is 0. The summed E-state index contributed by atoms with van der Waals surface area (Å²) in [6, 6.07) is 0. The van der Waals surface area contributed by atoms with E-state index in [9.17, 15) is 29.7 Å². The van der Waals surface area contributed by atoms with Crippen molar-refractivity contribution in [2.24, 2.45) is 0 Å². The quantitative estimate of drug-likeness (QED) is 0.0470. The summed E-state index contributed by atoms with van der Waals surface area (Å²) < 4.78 is 0. The maximum atomic E-state index is 13.5. The molecule has 0 radical (unpaired) electrons. The van der Waals surface area contributed by atoms with E-state index in [4.69, 9.17) is 0 Å². The van der Waals surface area contributed by atoms with Crippen LogP contribution < -0.4 is 0 Å². The summed E-state index contributed by atoms with van der Waals surface area (Å²) in [5.74, 6) is -2.47. The van der Waals surface area contributed by atoms with E-state index in [2.05, 4.69) is 20.8 Å². The van der Waals surface area contributed by atoms with Gasteiger partial charge in [-0.15, -0.1) is 0 Å². The molecule has 0 spiro atoms. The van der Waals surface area contributed by atoms with E-state index in [0.717, 1.165) is 77.0 Å². The van der Waals surface area contributed by atoms with E-state index in [-0.39, 0.29) is 19.3 Å². The fourth-order valence-corrected chi connectivity index (χ4v) is 6.38. The third kappa shape index (κ3) is 18.7. The number of hydrogen-bond acceptors (Lipinski definition) is 6. The molecular weight excluding hydrogens is 564 g/mol. The molecule has 0 heterocycles. The van der Waals surface area contributed by atoms with Crippen LogP contribution in [0.1, 0.15) is 213 Å². The van der Waals surface area contributed by atoms with Crippen molar-refractivity contribution in [1.29, 1.82) is 0 Å². The molecule has 0 bridgehead atoms. The molecule has 0 aromatic heterocycles. The monoisotopic (exact) mass is 639 g/mol. The maximum absolute atomic E-state index is 13.5. The van der Waals surface area contributed by atoms with Gasteiger partial charge in [-0.3, -0.25) is 14.4 Å². The van der Waals surface area contributed by atoms with Crippen LogP contribution in [0.15, 0.2) is 0 Å². The number of Topliss-reactive ketones (excluding diaryl/α,β-unsaturated/α-hetero) is 3. The lowest BCUT2D eigenvalue weighted by Crippen LogP contribution is -2.69. The van der Waals surface area contributed by atoms with E-state index in [1.165, 1.54) is 77.0 Å². The number of rotatable bonds is 35. The van der Waals surface area contributed by atoms with Gasteiger partial charge in [-0.25, -0.2) is 0 Å². The SMILES string of the molecule is CCCCCCCCCCCC(=O)C(O)(C(=O)CCCCCCCCCCC)[C@@](O)(CO)C(=O)CCCCCCCCCCC. The van der Waals surface area contributed by atoms with Crippen LogP contribution in [0.5, 0.6) is 0 Å². The van der Waals surface area contributed by atoms with Gasteiger partial charge in [0.15, 0.2) is 23.0 Å². The molecule has 6 nitrogen and oxygen atoms in total. The Labute approximate surface area is 277 Å². The first kappa shape index (κ1) is 43.9. The summed E-state index contributed by atoms with van der Waals surface area (Å²) in [5, 5.41) is 33.4. The highest BCUT2D eigenvalue weighted by Crippen LogP contribution is 2.32. The Bertz CT molecular complexity index is 701. The first-order chi connectivity index (χ1) is 21.8. The van der Waals surface area contributed by atoms with Crippen molar-refractivity contribution in [3.8, 4) is 0 Å². The third-order valence-electron chi connectivity index (χ3n) is 9.62. The minimum atomic E-state index is -2.90. The fraction of sp³-hybridized carbons (Fsp3) is 0.923. The predicted octanol–water partition coefficient (Wildman–Crippen LogP) is 9.91. The number of unbranched alkanes of at least 4 members (excludes halogenated alkanes) is 24. The van der Waals surface area contributed by atoms with Gasteiger partial charge in [0.25, 0.3) is 0 Å². The number of ketones is 3. The van der Waals surface area contributed by atoms with E-state index in [0.29, 0.717) is 19.3 Å². The number of carbonyl (C=O) groups excluding carboxylic acids is 3. The third-order valence-corrected chi connectivity index (χ3v) is 9.62. The molecule has 266 valence electrons. The maximum Gasteiger partial charge on any atom is 0.219 e. The summed E-state index contributed by atoms with van der Waals surface area (Å²) in [6.07, 6.45) is 28.0. The van der Waals surface area contributed by atoms with E-state index in [1.807, 2.05) is 0 Å². The van der Waals surface area contributed by atoms with Crippen molar-refractivity contribution in [3.05, 3.63) is 0 Å². The lowest BCUT2D eigenvalue weighted by atomic mass is 9.71. The molecular formula is C39H74O6. The van der Waals surface area contributed by atoms with Crippen LogP contribution in [0, 0.1) is 0 Å². The van der Waals surface area contributed by atoms with Crippen molar-refractivity contribution in [1.82, 2.24) is 0 Å². The average molecular weight is 639 g/mol. The Morgan fingerprint density at radius 3 is 0.844 bits per heavy atom. The fourth-order valence-electron chi connectivity index (χ4n) is 6.38. The van der Waals surface area contributed by atoms with Gasteiger partial charge < -0.3 is 15.3 Å². The van der Waals surface area contributed by atoms with Gasteiger partial charge >= 0.3 is 0 Å². The Balaban J connectivity index is 5.15. The van der Waals surface area contributed by atoms with Gasteiger partial charge in [-0.1, -0.05) is 175 Å². The Morgan fingerprint density at radius 2 is 0.600 bits per heavy atom. The molecule has 0 aromatic carbocycles. The molecule has 0 aliphatic heterocycles. The lowest BCUT2D eigenvalue weighted by Gasteiger charge is -2.39. The minimum Gasteiger partial charge on any atom is -0.393 e. The van der Waals surface area contributed by atoms with Crippen LogP contribution in [0.2, 0.25) is 0 Å². The molecule has 0 unspecified atom stereocenters. The van der Waals surface area contributed by atoms with Crippen LogP contribution >= 0.6 is 0 Å². The molecule has 0 rings (SSSR count). The van der Waals surface area contributed by atoms with Crippen LogP contribution in [-0.4, -0.2) is 50.5 Å². The van der Waals surface area contributed by atoms with Crippen LogP contribution in [-0.2, 0) is 14.4 Å². The topological polar surface area (TPSA) is 112 Å². The standard InChI is InChI=1S/C39H74O6/c1-4-7-10-13-16-19-22-25-28-31-35(41)38(44,34-40)39(45,36(42)32-29-26-23-20-17-14-11-8-5-2)37(43)33-30-27-24-21-18-15-12-9-6-3/h40,44-45H,4-34H2,1-3H3/t38-/m1/s1. The van der Waals surface area contributed by atoms with Crippen molar-refractivity contribution >= 4 is 17.3 Å². The summed E-state index contributed by atoms with van der Waals surface area (Å²) in [4.78, 5) is 40.4. The highest BCUT2D eigenvalue weighted by Gasteiger charge is 2.62. The van der Waals surface area contributed by atoms with Crippen LogP contribution in [0.3, 0.4) is 0 Å². The summed E-state index contributed by atoms with van der Waals surface area (Å²) >= 11 is 0. The zero-order valence-electron chi connectivity index (χ0n) is 30.0. The first-order valence-electron chi connectivity index (χ1n) is 19.4. The zero-order valence-corrected chi connectivity index (χ0v) is 30.0. The van der Waals surface area contributed by atoms with Gasteiger partial charge in [-0.05, 0) is 19.3 Å². The molecule has 45 heavy (non-hydrogen) atoms. The van der Waals surface area contributed by atoms with E-state index >= 15 is 0 Å². The Kier molecular flexibility index (Phi) is 28.3. The minimum absolute atomic E-state index is 0.0776. The molecule has 0 saturated carbocycles. The summed E-state index contributed by atoms with van der Waals surface area (Å²) in [6.45, 7) is 5.44. The number of carbonyl (C=O) groups is 3. The van der Waals surface area contributed by atoms with Crippen molar-refractivity contribution in [2.45, 2.75) is 225 Å². The summed E-state index contributed by atoms with van der Waals surface area (Å²) in [5.41, 5.74) is -5.71. The average Bonchev–Trinajstić information content (AvgIpc) is 3.04. The molecule has 3 N–H and O–H groups in total. The van der Waals surface area contributed by atoms with E-state index in [1.54, 1.807) is 0 Å². The largest absolute Gasteiger partial charge is 0.393 e. The molecule has 0 fully saturated rings. The molecule has 0 aromatic rings. The van der Waals surface area contributed by atoms with Gasteiger partial charge in [0.05, 0.1) is 6.61 Å². The molecule has 0 amide bonds. The molecule has 0 aliphatic carbocycles. The van der Waals surface area contributed by atoms with Gasteiger partial charge in [0, 0.05) is 19.3 Å². The van der Waals surface area contributed by atoms with Crippen molar-refractivity contribution < 1.29 is 29.7 Å². The molecule has 0 aliphatic rings. The predicted molar refractivity (Wildman–Crippen MR) is 188 cm³/mol. The highest BCUT2D eigenvalue weighted by atomic mass is 16.4. The second-order valence-electron chi connectivity index (χ2n) is 13.7. The van der Waals surface area contributed by atoms with Gasteiger partial charge in [0.2, 0.25) is 5.60 Å². The van der Waals surface area contributed by atoms with Crippen molar-refractivity contribution in [2.75, 3.05) is 6.61 Å². The van der Waals surface area contributed by atoms with Gasteiger partial charge in [-0.2, -0.15) is 0 Å². The number of aliphatic hydroxyl groups excluding tert-OH is 1. The second kappa shape index (κ2) is 29.1. The lowest BCUT2D eigenvalue weighted by molar-refractivity contribution is -0.194. The first-order valence-corrected chi connectivity index (χ1v) is 19.4. The number of aliphatic hydroxyl groups is 3. The normalized spacial score (nSPS) is 13.2. The molecule has 0 saturated heterocycles. The zero-order chi connectivity index (χ0) is 33.7. The van der Waals surface area contributed by atoms with E-state index < -0.39 is 35.2 Å². The van der Waals surface area contributed by atoms with Crippen LogP contribution in [0.4, 0.5) is 0 Å². The Hall–Kier alpha value is -1.11. The second-order valence-corrected chi connectivity index (χ2v) is 13.7. The smallest absolute Gasteiger partial charge is 0.219 e. The molecule has 1 atom stereocenters. The van der Waals surface area contributed by atoms with Crippen molar-refractivity contribution in [3.63, 3.8) is 0 Å².